The van der Waals surface area contributed by atoms with Crippen LogP contribution in [0.2, 0.25) is 0 Å². The third-order valence-corrected chi connectivity index (χ3v) is 5.52. The van der Waals surface area contributed by atoms with Gasteiger partial charge in [0.15, 0.2) is 0 Å². The molecule has 0 aliphatic carbocycles. The summed E-state index contributed by atoms with van der Waals surface area (Å²) >= 11 is 2.28. The summed E-state index contributed by atoms with van der Waals surface area (Å²) in [6.07, 6.45) is 4.11. The van der Waals surface area contributed by atoms with Gasteiger partial charge in [-0.25, -0.2) is 4.79 Å². The van der Waals surface area contributed by atoms with Crippen LogP contribution in [0.15, 0.2) is 6.07 Å². The van der Waals surface area contributed by atoms with Gasteiger partial charge in [0.25, 0.3) is 0 Å². The maximum Gasteiger partial charge on any atom is 0.354 e. The summed E-state index contributed by atoms with van der Waals surface area (Å²) in [5.41, 5.74) is 1.71. The molecule has 0 bridgehead atoms. The Labute approximate surface area is 144 Å². The van der Waals surface area contributed by atoms with Crippen molar-refractivity contribution in [3.05, 3.63) is 21.0 Å². The Morgan fingerprint density at radius 2 is 2.09 bits per heavy atom. The Balaban J connectivity index is 2.43. The van der Waals surface area contributed by atoms with Crippen LogP contribution in [0.25, 0.3) is 0 Å². The molecule has 0 saturated carbocycles. The molecule has 5 nitrogen and oxygen atoms in total. The van der Waals surface area contributed by atoms with Gasteiger partial charge in [0.05, 0.1) is 14.2 Å². The summed E-state index contributed by atoms with van der Waals surface area (Å²) in [7, 11) is 2.83. The fourth-order valence-electron chi connectivity index (χ4n) is 3.46. The molecule has 22 heavy (non-hydrogen) atoms. The fraction of sp³-hybridized carbons (Fsp3) is 0.625. The number of hydrogen-bond donors (Lipinski definition) is 0. The van der Waals surface area contributed by atoms with Gasteiger partial charge in [-0.15, -0.1) is 0 Å². The van der Waals surface area contributed by atoms with Crippen LogP contribution in [-0.4, -0.2) is 30.7 Å². The van der Waals surface area contributed by atoms with Crippen LogP contribution in [0.1, 0.15) is 55.2 Å². The lowest BCUT2D eigenvalue weighted by Gasteiger charge is -2.38. The van der Waals surface area contributed by atoms with E-state index in [-0.39, 0.29) is 17.4 Å². The van der Waals surface area contributed by atoms with E-state index in [9.17, 15) is 9.59 Å². The van der Waals surface area contributed by atoms with Crippen LogP contribution >= 0.6 is 22.6 Å². The van der Waals surface area contributed by atoms with Gasteiger partial charge in [0.2, 0.25) is 0 Å². The predicted molar refractivity (Wildman–Crippen MR) is 90.9 cm³/mol. The maximum atomic E-state index is 12.0. The van der Waals surface area contributed by atoms with Crippen molar-refractivity contribution < 1.29 is 19.1 Å². The zero-order valence-corrected chi connectivity index (χ0v) is 15.4. The maximum absolute atomic E-state index is 12.0. The molecule has 122 valence electrons. The van der Waals surface area contributed by atoms with Crippen LogP contribution in [0.5, 0.6) is 0 Å². The first-order chi connectivity index (χ1) is 10.5. The highest BCUT2D eigenvalue weighted by Gasteiger charge is 2.39. The lowest BCUT2D eigenvalue weighted by molar-refractivity contribution is -0.141. The zero-order chi connectivity index (χ0) is 16.3. The van der Waals surface area contributed by atoms with Gasteiger partial charge in [-0.1, -0.05) is 6.92 Å². The van der Waals surface area contributed by atoms with E-state index in [0.29, 0.717) is 12.1 Å². The molecule has 1 aliphatic rings. The Kier molecular flexibility index (Phi) is 5.52. The second-order valence-corrected chi connectivity index (χ2v) is 6.85. The van der Waals surface area contributed by atoms with Crippen molar-refractivity contribution in [1.82, 2.24) is 4.57 Å². The first kappa shape index (κ1) is 17.3. The largest absolute Gasteiger partial charge is 0.469 e. The van der Waals surface area contributed by atoms with Crippen LogP contribution in [0.4, 0.5) is 0 Å². The Morgan fingerprint density at radius 3 is 2.68 bits per heavy atom. The molecule has 0 radical (unpaired) electrons. The number of rotatable bonds is 5. The number of esters is 2. The number of hydrogen-bond acceptors (Lipinski definition) is 4. The highest BCUT2D eigenvalue weighted by atomic mass is 127. The second kappa shape index (κ2) is 7.02. The molecule has 0 aromatic carbocycles. The van der Waals surface area contributed by atoms with Crippen LogP contribution in [0, 0.1) is 3.57 Å². The van der Waals surface area contributed by atoms with Crippen molar-refractivity contribution in [2.45, 2.75) is 51.0 Å². The van der Waals surface area contributed by atoms with Crippen LogP contribution in [0.3, 0.4) is 0 Å². The second-order valence-electron chi connectivity index (χ2n) is 5.68. The topological polar surface area (TPSA) is 57.5 Å². The van der Waals surface area contributed by atoms with E-state index in [1.54, 1.807) is 0 Å². The lowest BCUT2D eigenvalue weighted by atomic mass is 9.72. The van der Waals surface area contributed by atoms with E-state index >= 15 is 0 Å². The molecule has 0 fully saturated rings. The molecule has 2 heterocycles. The van der Waals surface area contributed by atoms with Crippen molar-refractivity contribution in [2.24, 2.45) is 0 Å². The standard InChI is InChI=1S/C16H22INO4/c1-4-16(8-6-13(19)21-2)7-5-9-18-12(15(20)22-3)10-11(17)14(16)18/h10H,4-9H2,1-3H3/t16-/m1/s1. The number of carbonyl (C=O) groups is 2. The number of fused-ring (bicyclic) bond motifs is 1. The molecule has 0 unspecified atom stereocenters. The fourth-order valence-corrected chi connectivity index (χ4v) is 4.62. The summed E-state index contributed by atoms with van der Waals surface area (Å²) in [4.78, 5) is 23.6. The average molecular weight is 419 g/mol. The molecule has 1 aromatic heterocycles. The zero-order valence-electron chi connectivity index (χ0n) is 13.3. The molecule has 1 atom stereocenters. The number of carbonyl (C=O) groups excluding carboxylic acids is 2. The molecule has 0 saturated heterocycles. The van der Waals surface area contributed by atoms with Crippen molar-refractivity contribution >= 4 is 34.5 Å². The van der Waals surface area contributed by atoms with Gasteiger partial charge >= 0.3 is 11.9 Å². The van der Waals surface area contributed by atoms with E-state index < -0.39 is 0 Å². The average Bonchev–Trinajstić information content (AvgIpc) is 2.89. The molecule has 1 aromatic rings. The highest BCUT2D eigenvalue weighted by Crippen LogP contribution is 2.44. The summed E-state index contributed by atoms with van der Waals surface area (Å²) in [6.45, 7) is 2.97. The highest BCUT2D eigenvalue weighted by molar-refractivity contribution is 14.1. The number of aromatic nitrogens is 1. The first-order valence-corrected chi connectivity index (χ1v) is 8.61. The minimum absolute atomic E-state index is 0.0742. The van der Waals surface area contributed by atoms with Gasteiger partial charge in [-0.05, 0) is 54.3 Å². The summed E-state index contributed by atoms with van der Waals surface area (Å²) in [6, 6.07) is 1.90. The van der Waals surface area contributed by atoms with Crippen molar-refractivity contribution in [3.8, 4) is 0 Å². The molecule has 0 amide bonds. The SMILES string of the molecule is CC[C@]1(CCC(=O)OC)CCCn2c(C(=O)OC)cc(I)c21. The minimum atomic E-state index is -0.302. The molecule has 6 heteroatoms. The Hall–Kier alpha value is -1.05. The molecule has 0 N–H and O–H groups in total. The molecule has 0 spiro atoms. The van der Waals surface area contributed by atoms with E-state index in [4.69, 9.17) is 9.47 Å². The number of ether oxygens (including phenoxy) is 2. The predicted octanol–water partition coefficient (Wildman–Crippen LogP) is 3.27. The van der Waals surface area contributed by atoms with Crippen LogP contribution < -0.4 is 0 Å². The Bertz CT molecular complexity index is 581. The van der Waals surface area contributed by atoms with E-state index in [2.05, 4.69) is 34.1 Å². The molecule has 2 rings (SSSR count). The third-order valence-electron chi connectivity index (χ3n) is 4.70. The quantitative estimate of drug-likeness (QED) is 0.543. The summed E-state index contributed by atoms with van der Waals surface area (Å²) in [5, 5.41) is 0. The lowest BCUT2D eigenvalue weighted by Crippen LogP contribution is -2.35. The van der Waals surface area contributed by atoms with Crippen molar-refractivity contribution in [3.63, 3.8) is 0 Å². The number of halogens is 1. The van der Waals surface area contributed by atoms with Crippen molar-refractivity contribution in [2.75, 3.05) is 14.2 Å². The minimum Gasteiger partial charge on any atom is -0.469 e. The van der Waals surface area contributed by atoms with E-state index in [1.165, 1.54) is 19.9 Å². The first-order valence-electron chi connectivity index (χ1n) is 7.53. The van der Waals surface area contributed by atoms with E-state index in [1.807, 2.05) is 6.07 Å². The monoisotopic (exact) mass is 419 g/mol. The van der Waals surface area contributed by atoms with Crippen molar-refractivity contribution in [1.29, 1.82) is 0 Å². The van der Waals surface area contributed by atoms with E-state index in [0.717, 1.165) is 35.8 Å². The molecular weight excluding hydrogens is 397 g/mol. The summed E-state index contributed by atoms with van der Waals surface area (Å²) in [5.74, 6) is -0.483. The molecule has 1 aliphatic heterocycles. The van der Waals surface area contributed by atoms with Gasteiger partial charge in [-0.3, -0.25) is 4.79 Å². The van der Waals surface area contributed by atoms with Gasteiger partial charge in [-0.2, -0.15) is 0 Å². The normalized spacial score (nSPS) is 20.4. The number of nitrogens with zero attached hydrogens (tertiary/aromatic N) is 1. The van der Waals surface area contributed by atoms with Gasteiger partial charge < -0.3 is 14.0 Å². The number of methoxy groups -OCH3 is 2. The smallest absolute Gasteiger partial charge is 0.354 e. The van der Waals surface area contributed by atoms with Gasteiger partial charge in [0.1, 0.15) is 5.69 Å². The van der Waals surface area contributed by atoms with Gasteiger partial charge in [0, 0.05) is 27.6 Å². The van der Waals surface area contributed by atoms with Crippen LogP contribution in [-0.2, 0) is 26.2 Å². The Morgan fingerprint density at radius 1 is 1.36 bits per heavy atom. The molecular formula is C16H22INO4. The summed E-state index contributed by atoms with van der Waals surface area (Å²) < 4.78 is 12.8. The third kappa shape index (κ3) is 3.02.